The number of aromatic nitrogens is 2. The van der Waals surface area contributed by atoms with Crippen molar-refractivity contribution in [1.82, 2.24) is 15.1 Å². The zero-order valence-electron chi connectivity index (χ0n) is 11.1. The van der Waals surface area contributed by atoms with E-state index in [-0.39, 0.29) is 5.56 Å². The lowest BCUT2D eigenvalue weighted by molar-refractivity contribution is 0.613. The number of nitrogens with one attached hydrogen (secondary N) is 1. The lowest BCUT2D eigenvalue weighted by atomic mass is 10.1. The maximum absolute atomic E-state index is 12.1. The molecule has 1 N–H and O–H groups in total. The van der Waals surface area contributed by atoms with E-state index in [0.717, 1.165) is 42.8 Å². The van der Waals surface area contributed by atoms with Gasteiger partial charge in [-0.3, -0.25) is 4.79 Å². The van der Waals surface area contributed by atoms with Crippen LogP contribution in [-0.4, -0.2) is 22.9 Å². The second-order valence-corrected chi connectivity index (χ2v) is 5.43. The van der Waals surface area contributed by atoms with Gasteiger partial charge in [0, 0.05) is 24.1 Å². The van der Waals surface area contributed by atoms with Crippen LogP contribution in [-0.2, 0) is 19.4 Å². The van der Waals surface area contributed by atoms with Crippen LogP contribution < -0.4 is 10.9 Å². The fourth-order valence-electron chi connectivity index (χ4n) is 2.42. The van der Waals surface area contributed by atoms with Gasteiger partial charge < -0.3 is 5.32 Å². The molecule has 0 fully saturated rings. The second kappa shape index (κ2) is 5.77. The molecule has 0 saturated carbocycles. The Morgan fingerprint density at radius 2 is 1.95 bits per heavy atom. The average Bonchev–Trinajstić information content (AvgIpc) is 2.67. The summed E-state index contributed by atoms with van der Waals surface area (Å²) in [5.41, 5.74) is 3.09. The van der Waals surface area contributed by atoms with Crippen LogP contribution in [0.4, 0.5) is 0 Å². The van der Waals surface area contributed by atoms with Gasteiger partial charge in [0.05, 0.1) is 12.2 Å². The molecule has 1 aromatic heterocycles. The molecule has 4 nitrogen and oxygen atoms in total. The van der Waals surface area contributed by atoms with Crippen molar-refractivity contribution in [3.05, 3.63) is 62.5 Å². The minimum absolute atomic E-state index is 0.0411. The Bertz CT molecular complexity index is 664. The van der Waals surface area contributed by atoms with Gasteiger partial charge in [-0.1, -0.05) is 23.7 Å². The maximum atomic E-state index is 12.1. The molecule has 104 valence electrons. The quantitative estimate of drug-likeness (QED) is 0.914. The van der Waals surface area contributed by atoms with Crippen molar-refractivity contribution < 1.29 is 0 Å². The Morgan fingerprint density at radius 3 is 2.75 bits per heavy atom. The summed E-state index contributed by atoms with van der Waals surface area (Å²) >= 11 is 5.87. The molecule has 0 spiro atoms. The highest BCUT2D eigenvalue weighted by Crippen LogP contribution is 2.11. The largest absolute Gasteiger partial charge is 0.316 e. The lowest BCUT2D eigenvalue weighted by Crippen LogP contribution is -2.25. The summed E-state index contributed by atoms with van der Waals surface area (Å²) in [7, 11) is 0. The zero-order valence-corrected chi connectivity index (χ0v) is 11.9. The molecule has 1 aliphatic heterocycles. The predicted octanol–water partition coefficient (Wildman–Crippen LogP) is 1.63. The molecule has 20 heavy (non-hydrogen) atoms. The Balaban J connectivity index is 1.91. The van der Waals surface area contributed by atoms with E-state index < -0.39 is 0 Å². The normalized spacial score (nSPS) is 14.7. The third-order valence-corrected chi connectivity index (χ3v) is 3.77. The lowest BCUT2D eigenvalue weighted by Gasteiger charge is -2.09. The zero-order chi connectivity index (χ0) is 13.9. The smallest absolute Gasteiger partial charge is 0.267 e. The topological polar surface area (TPSA) is 46.9 Å². The van der Waals surface area contributed by atoms with Gasteiger partial charge >= 0.3 is 0 Å². The molecule has 0 bridgehead atoms. The predicted molar refractivity (Wildman–Crippen MR) is 79.3 cm³/mol. The van der Waals surface area contributed by atoms with Crippen molar-refractivity contribution in [2.24, 2.45) is 0 Å². The van der Waals surface area contributed by atoms with E-state index in [1.807, 2.05) is 24.3 Å². The number of nitrogens with zero attached hydrogens (tertiary/aromatic N) is 2. The highest BCUT2D eigenvalue weighted by Gasteiger charge is 2.11. The van der Waals surface area contributed by atoms with E-state index in [2.05, 4.69) is 10.4 Å². The minimum Gasteiger partial charge on any atom is -0.316 e. The van der Waals surface area contributed by atoms with Crippen LogP contribution in [0.25, 0.3) is 0 Å². The molecular weight excluding hydrogens is 274 g/mol. The van der Waals surface area contributed by atoms with Crippen LogP contribution in [0.1, 0.15) is 16.8 Å². The summed E-state index contributed by atoms with van der Waals surface area (Å²) in [6, 6.07) is 9.23. The Labute approximate surface area is 122 Å². The number of halogens is 1. The van der Waals surface area contributed by atoms with Crippen molar-refractivity contribution in [3.63, 3.8) is 0 Å². The van der Waals surface area contributed by atoms with E-state index in [4.69, 9.17) is 11.6 Å². The van der Waals surface area contributed by atoms with Crippen LogP contribution >= 0.6 is 11.6 Å². The monoisotopic (exact) mass is 289 g/mol. The molecule has 3 rings (SSSR count). The van der Waals surface area contributed by atoms with Crippen LogP contribution in [0.3, 0.4) is 0 Å². The van der Waals surface area contributed by atoms with Crippen LogP contribution in [0.2, 0.25) is 5.02 Å². The molecule has 0 saturated heterocycles. The maximum Gasteiger partial charge on any atom is 0.267 e. The Kier molecular flexibility index (Phi) is 3.85. The Hall–Kier alpha value is -1.65. The fraction of sp³-hybridized carbons (Fsp3) is 0.333. The van der Waals surface area contributed by atoms with E-state index in [1.165, 1.54) is 4.68 Å². The molecule has 2 aromatic rings. The first-order valence-corrected chi connectivity index (χ1v) is 7.15. The molecule has 5 heteroatoms. The molecule has 1 aromatic carbocycles. The molecule has 0 amide bonds. The van der Waals surface area contributed by atoms with E-state index in [0.29, 0.717) is 11.6 Å². The summed E-state index contributed by atoms with van der Waals surface area (Å²) in [6.45, 7) is 2.31. The molecular formula is C15H16ClN3O. The van der Waals surface area contributed by atoms with Crippen LogP contribution in [0.5, 0.6) is 0 Å². The second-order valence-electron chi connectivity index (χ2n) is 4.99. The summed E-state index contributed by atoms with van der Waals surface area (Å²) in [5, 5.41) is 8.54. The van der Waals surface area contributed by atoms with Gasteiger partial charge in [0.2, 0.25) is 0 Å². The summed E-state index contributed by atoms with van der Waals surface area (Å²) in [5.74, 6) is 0. The highest BCUT2D eigenvalue weighted by atomic mass is 35.5. The summed E-state index contributed by atoms with van der Waals surface area (Å²) in [6.07, 6.45) is 1.75. The van der Waals surface area contributed by atoms with E-state index >= 15 is 0 Å². The molecule has 0 unspecified atom stereocenters. The number of fused-ring (bicyclic) bond motifs is 1. The summed E-state index contributed by atoms with van der Waals surface area (Å²) < 4.78 is 1.54. The molecule has 0 radical (unpaired) electrons. The Morgan fingerprint density at radius 1 is 1.20 bits per heavy atom. The SMILES string of the molecule is O=c1cc2c(nn1Cc1ccc(Cl)cc1)CCNCC2. The number of benzene rings is 1. The third kappa shape index (κ3) is 2.92. The van der Waals surface area contributed by atoms with Gasteiger partial charge in [0.15, 0.2) is 0 Å². The molecule has 0 atom stereocenters. The van der Waals surface area contributed by atoms with Crippen LogP contribution in [0, 0.1) is 0 Å². The molecule has 0 aliphatic carbocycles. The molecule has 2 heterocycles. The number of rotatable bonds is 2. The first-order chi connectivity index (χ1) is 9.72. The van der Waals surface area contributed by atoms with Crippen molar-refractivity contribution in [2.45, 2.75) is 19.4 Å². The van der Waals surface area contributed by atoms with Gasteiger partial charge in [0.1, 0.15) is 0 Å². The van der Waals surface area contributed by atoms with Crippen molar-refractivity contribution in [3.8, 4) is 0 Å². The molecule has 1 aliphatic rings. The minimum atomic E-state index is -0.0411. The van der Waals surface area contributed by atoms with Gasteiger partial charge in [0.25, 0.3) is 5.56 Å². The van der Waals surface area contributed by atoms with Crippen LogP contribution in [0.15, 0.2) is 35.1 Å². The highest BCUT2D eigenvalue weighted by molar-refractivity contribution is 6.30. The first-order valence-electron chi connectivity index (χ1n) is 6.77. The third-order valence-electron chi connectivity index (χ3n) is 3.52. The average molecular weight is 290 g/mol. The van der Waals surface area contributed by atoms with Crippen molar-refractivity contribution in [2.75, 3.05) is 13.1 Å². The van der Waals surface area contributed by atoms with Gasteiger partial charge in [-0.15, -0.1) is 0 Å². The number of hydrogen-bond donors (Lipinski definition) is 1. The van der Waals surface area contributed by atoms with Gasteiger partial charge in [-0.05, 0) is 36.2 Å². The first kappa shape index (κ1) is 13.3. The van der Waals surface area contributed by atoms with Gasteiger partial charge in [-0.25, -0.2) is 4.68 Å². The van der Waals surface area contributed by atoms with Crippen molar-refractivity contribution in [1.29, 1.82) is 0 Å². The number of hydrogen-bond acceptors (Lipinski definition) is 3. The standard InChI is InChI=1S/C15H16ClN3O/c16-13-3-1-11(2-4-13)10-19-15(20)9-12-5-7-17-8-6-14(12)18-19/h1-4,9,17H,5-8,10H2. The summed E-state index contributed by atoms with van der Waals surface area (Å²) in [4.78, 5) is 12.1. The van der Waals surface area contributed by atoms with Crippen molar-refractivity contribution >= 4 is 11.6 Å². The van der Waals surface area contributed by atoms with E-state index in [9.17, 15) is 4.79 Å². The van der Waals surface area contributed by atoms with E-state index in [1.54, 1.807) is 6.07 Å². The van der Waals surface area contributed by atoms with Gasteiger partial charge in [-0.2, -0.15) is 5.10 Å². The fourth-order valence-corrected chi connectivity index (χ4v) is 2.55.